The van der Waals surface area contributed by atoms with Gasteiger partial charge in [-0.3, -0.25) is 4.79 Å². The van der Waals surface area contributed by atoms with Crippen LogP contribution in [0.25, 0.3) is 11.0 Å². The molecule has 1 amide bonds. The molecule has 0 radical (unpaired) electrons. The second kappa shape index (κ2) is 6.71. The molecular weight excluding hydrogens is 295 g/mol. The van der Waals surface area contributed by atoms with Gasteiger partial charge >= 0.3 is 0 Å². The fourth-order valence-electron chi connectivity index (χ4n) is 3.39. The number of amides is 1. The summed E-state index contributed by atoms with van der Waals surface area (Å²) in [7, 11) is 0. The lowest BCUT2D eigenvalue weighted by atomic mass is 9.90. The van der Waals surface area contributed by atoms with Crippen LogP contribution in [0.1, 0.15) is 32.4 Å². The van der Waals surface area contributed by atoms with Gasteiger partial charge in [0.2, 0.25) is 5.91 Å². The smallest absolute Gasteiger partial charge is 0.219 e. The zero-order valence-corrected chi connectivity index (χ0v) is 13.6. The molecule has 2 heterocycles. The quantitative estimate of drug-likeness (QED) is 0.941. The summed E-state index contributed by atoms with van der Waals surface area (Å²) in [5.74, 6) is 1.17. The number of halogens is 1. The molecular formula is C18H23FN2O2. The zero-order chi connectivity index (χ0) is 16.4. The Bertz CT molecular complexity index is 697. The van der Waals surface area contributed by atoms with Gasteiger partial charge in [0, 0.05) is 31.4 Å². The van der Waals surface area contributed by atoms with E-state index >= 15 is 0 Å². The van der Waals surface area contributed by atoms with Crippen molar-refractivity contribution in [2.75, 3.05) is 13.1 Å². The predicted octanol–water partition coefficient (Wildman–Crippen LogP) is 3.31. The Labute approximate surface area is 135 Å². The van der Waals surface area contributed by atoms with Gasteiger partial charge in [0.1, 0.15) is 17.2 Å². The third-order valence-electron chi connectivity index (χ3n) is 4.77. The van der Waals surface area contributed by atoms with Crippen LogP contribution in [0.2, 0.25) is 0 Å². The van der Waals surface area contributed by atoms with Crippen molar-refractivity contribution >= 4 is 16.9 Å². The van der Waals surface area contributed by atoms with E-state index in [1.807, 2.05) is 11.0 Å². The minimum atomic E-state index is -0.250. The van der Waals surface area contributed by atoms with Crippen molar-refractivity contribution < 1.29 is 13.6 Å². The average molecular weight is 318 g/mol. The molecule has 23 heavy (non-hydrogen) atoms. The number of nitrogens with one attached hydrogen (secondary N) is 1. The van der Waals surface area contributed by atoms with Gasteiger partial charge in [0.25, 0.3) is 0 Å². The first-order chi connectivity index (χ1) is 11.1. The fourth-order valence-corrected chi connectivity index (χ4v) is 3.39. The minimum Gasteiger partial charge on any atom is -0.460 e. The monoisotopic (exact) mass is 318 g/mol. The first-order valence-electron chi connectivity index (χ1n) is 8.23. The van der Waals surface area contributed by atoms with Crippen molar-refractivity contribution in [3.05, 3.63) is 35.8 Å². The van der Waals surface area contributed by atoms with Crippen LogP contribution in [0.15, 0.2) is 28.7 Å². The number of nitrogens with zero attached hydrogens (tertiary/aromatic N) is 1. The number of furan rings is 1. The van der Waals surface area contributed by atoms with E-state index in [-0.39, 0.29) is 11.7 Å². The van der Waals surface area contributed by atoms with Crippen LogP contribution in [0.4, 0.5) is 4.39 Å². The van der Waals surface area contributed by atoms with Crippen molar-refractivity contribution in [3.63, 3.8) is 0 Å². The Morgan fingerprint density at radius 1 is 1.43 bits per heavy atom. The van der Waals surface area contributed by atoms with E-state index in [1.54, 1.807) is 13.0 Å². The number of piperidine rings is 1. The highest BCUT2D eigenvalue weighted by molar-refractivity contribution is 5.77. The molecule has 0 spiro atoms. The molecule has 1 aliphatic heterocycles. The van der Waals surface area contributed by atoms with Crippen molar-refractivity contribution in [1.82, 2.24) is 10.2 Å². The van der Waals surface area contributed by atoms with Gasteiger partial charge in [-0.15, -0.1) is 0 Å². The van der Waals surface area contributed by atoms with Gasteiger partial charge < -0.3 is 14.6 Å². The van der Waals surface area contributed by atoms with Crippen LogP contribution in [0, 0.1) is 11.7 Å². The highest BCUT2D eigenvalue weighted by Gasteiger charge is 2.28. The number of likely N-dealkylation sites (tertiary alicyclic amines) is 1. The lowest BCUT2D eigenvalue weighted by Crippen LogP contribution is -2.50. The van der Waals surface area contributed by atoms with Gasteiger partial charge in [-0.2, -0.15) is 0 Å². The van der Waals surface area contributed by atoms with E-state index in [2.05, 4.69) is 12.2 Å². The maximum Gasteiger partial charge on any atom is 0.219 e. The molecule has 1 fully saturated rings. The number of benzene rings is 1. The number of carbonyl (C=O) groups excluding carboxylic acids is 1. The minimum absolute atomic E-state index is 0.154. The van der Waals surface area contributed by atoms with Crippen LogP contribution in [-0.4, -0.2) is 29.9 Å². The second-order valence-corrected chi connectivity index (χ2v) is 6.30. The topological polar surface area (TPSA) is 45.5 Å². The molecule has 3 rings (SSSR count). The van der Waals surface area contributed by atoms with Crippen LogP contribution in [0.3, 0.4) is 0 Å². The molecule has 0 saturated carbocycles. The Hall–Kier alpha value is -1.88. The fraction of sp³-hybridized carbons (Fsp3) is 0.500. The largest absolute Gasteiger partial charge is 0.460 e. The summed E-state index contributed by atoms with van der Waals surface area (Å²) in [4.78, 5) is 13.5. The molecule has 1 aromatic carbocycles. The summed E-state index contributed by atoms with van der Waals surface area (Å²) in [6.07, 6.45) is 1.99. The third-order valence-corrected chi connectivity index (χ3v) is 4.77. The molecule has 1 aromatic heterocycles. The van der Waals surface area contributed by atoms with Crippen LogP contribution < -0.4 is 5.32 Å². The van der Waals surface area contributed by atoms with Crippen LogP contribution in [0.5, 0.6) is 0 Å². The van der Waals surface area contributed by atoms with E-state index < -0.39 is 0 Å². The first kappa shape index (κ1) is 16.0. The van der Waals surface area contributed by atoms with Gasteiger partial charge in [-0.05, 0) is 36.6 Å². The first-order valence-corrected chi connectivity index (χ1v) is 8.23. The molecule has 4 nitrogen and oxygen atoms in total. The van der Waals surface area contributed by atoms with Gasteiger partial charge in [-0.25, -0.2) is 4.39 Å². The molecule has 2 atom stereocenters. The van der Waals surface area contributed by atoms with Crippen molar-refractivity contribution in [1.29, 1.82) is 0 Å². The molecule has 124 valence electrons. The zero-order valence-electron chi connectivity index (χ0n) is 13.6. The summed E-state index contributed by atoms with van der Waals surface area (Å²) in [6.45, 7) is 6.03. The number of carbonyl (C=O) groups is 1. The molecule has 1 aliphatic rings. The van der Waals surface area contributed by atoms with Crippen molar-refractivity contribution in [3.8, 4) is 0 Å². The lowest BCUT2D eigenvalue weighted by molar-refractivity contribution is -0.131. The summed E-state index contributed by atoms with van der Waals surface area (Å²) < 4.78 is 19.0. The van der Waals surface area contributed by atoms with E-state index in [0.29, 0.717) is 24.1 Å². The summed E-state index contributed by atoms with van der Waals surface area (Å²) in [5, 5.41) is 4.34. The predicted molar refractivity (Wildman–Crippen MR) is 87.5 cm³/mol. The van der Waals surface area contributed by atoms with E-state index in [0.717, 1.165) is 37.1 Å². The van der Waals surface area contributed by atoms with Crippen molar-refractivity contribution in [2.24, 2.45) is 5.92 Å². The SMILES string of the molecule is CC[C@H]1CN(C(C)=O)CC[C@@H]1NCc1cc2cc(F)ccc2o1. The number of hydrogen-bond acceptors (Lipinski definition) is 3. The molecule has 5 heteroatoms. The van der Waals surface area contributed by atoms with Crippen LogP contribution in [-0.2, 0) is 11.3 Å². The number of rotatable bonds is 4. The maximum atomic E-state index is 13.2. The summed E-state index contributed by atoms with van der Waals surface area (Å²) in [6, 6.07) is 6.82. The standard InChI is InChI=1S/C18H23FN2O2/c1-3-13-11-21(12(2)22)7-6-17(13)20-10-16-9-14-8-15(19)4-5-18(14)23-16/h4-5,8-9,13,17,20H,3,6-7,10-11H2,1-2H3/t13-,17-/m0/s1. The molecule has 1 saturated heterocycles. The van der Waals surface area contributed by atoms with Gasteiger partial charge in [0.15, 0.2) is 0 Å². The van der Waals surface area contributed by atoms with Crippen molar-refractivity contribution in [2.45, 2.75) is 39.3 Å². The Balaban J connectivity index is 1.63. The average Bonchev–Trinajstić information content (AvgIpc) is 2.94. The van der Waals surface area contributed by atoms with Gasteiger partial charge in [-0.1, -0.05) is 13.3 Å². The Morgan fingerprint density at radius 3 is 3.00 bits per heavy atom. The summed E-state index contributed by atoms with van der Waals surface area (Å²) >= 11 is 0. The number of hydrogen-bond donors (Lipinski definition) is 1. The Kier molecular flexibility index (Phi) is 4.66. The summed E-state index contributed by atoms with van der Waals surface area (Å²) in [5.41, 5.74) is 0.710. The molecule has 0 unspecified atom stereocenters. The molecule has 2 aromatic rings. The lowest BCUT2D eigenvalue weighted by Gasteiger charge is -2.38. The maximum absolute atomic E-state index is 13.2. The number of fused-ring (bicyclic) bond motifs is 1. The van der Waals surface area contributed by atoms with E-state index in [1.165, 1.54) is 12.1 Å². The molecule has 1 N–H and O–H groups in total. The van der Waals surface area contributed by atoms with E-state index in [9.17, 15) is 9.18 Å². The van der Waals surface area contributed by atoms with E-state index in [4.69, 9.17) is 4.42 Å². The Morgan fingerprint density at radius 2 is 2.26 bits per heavy atom. The normalized spacial score (nSPS) is 21.8. The highest BCUT2D eigenvalue weighted by Crippen LogP contribution is 2.23. The highest BCUT2D eigenvalue weighted by atomic mass is 19.1. The molecule has 0 aliphatic carbocycles. The second-order valence-electron chi connectivity index (χ2n) is 6.30. The molecule has 0 bridgehead atoms. The van der Waals surface area contributed by atoms with Crippen LogP contribution >= 0.6 is 0 Å². The van der Waals surface area contributed by atoms with Gasteiger partial charge in [0.05, 0.1) is 6.54 Å². The third kappa shape index (κ3) is 3.55.